The number of rotatable bonds is 8. The van der Waals surface area contributed by atoms with Crippen molar-refractivity contribution in [3.05, 3.63) is 60.4 Å². The summed E-state index contributed by atoms with van der Waals surface area (Å²) in [4.78, 5) is 4.64. The second kappa shape index (κ2) is 7.97. The minimum absolute atomic E-state index is 0.516. The molecule has 0 fully saturated rings. The fraction of sp³-hybridized carbons (Fsp3) is 0.350. The van der Waals surface area contributed by atoms with Crippen LogP contribution in [-0.2, 0) is 6.54 Å². The molecule has 0 radical (unpaired) electrons. The lowest BCUT2D eigenvalue weighted by Gasteiger charge is -2.14. The Morgan fingerprint density at radius 2 is 1.83 bits per heavy atom. The van der Waals surface area contributed by atoms with Crippen LogP contribution in [0.2, 0.25) is 0 Å². The molecular weight excluding hydrogens is 300 g/mol. The first kappa shape index (κ1) is 16.5. The molecule has 1 heterocycles. The standard InChI is InChI=1S/C20H24N2O2/c1-2-9-19(23)20-21-17-12-6-7-13-18(17)22(20)14-8-15-24-16-10-4-3-5-11-16/h3-7,10-13,19,23H,2,8-9,14-15H2,1H3/t19-/m0/s1. The predicted octanol–water partition coefficient (Wildman–Crippen LogP) is 4.34. The van der Waals surface area contributed by atoms with Gasteiger partial charge in [0.15, 0.2) is 0 Å². The topological polar surface area (TPSA) is 47.3 Å². The number of aromatic nitrogens is 2. The second-order valence-electron chi connectivity index (χ2n) is 5.93. The van der Waals surface area contributed by atoms with Crippen molar-refractivity contribution in [2.45, 2.75) is 38.8 Å². The zero-order valence-corrected chi connectivity index (χ0v) is 14.1. The lowest BCUT2D eigenvalue weighted by molar-refractivity contribution is 0.152. The zero-order chi connectivity index (χ0) is 16.8. The first-order chi connectivity index (χ1) is 11.8. The minimum Gasteiger partial charge on any atom is -0.494 e. The number of aryl methyl sites for hydroxylation is 1. The van der Waals surface area contributed by atoms with Crippen LogP contribution in [0.15, 0.2) is 54.6 Å². The van der Waals surface area contributed by atoms with Crippen LogP contribution >= 0.6 is 0 Å². The Kier molecular flexibility index (Phi) is 5.49. The third kappa shape index (κ3) is 3.77. The van der Waals surface area contributed by atoms with Gasteiger partial charge in [0.2, 0.25) is 0 Å². The number of fused-ring (bicyclic) bond motifs is 1. The average Bonchev–Trinajstić information content (AvgIpc) is 2.99. The number of nitrogens with zero attached hydrogens (tertiary/aromatic N) is 2. The van der Waals surface area contributed by atoms with E-state index in [9.17, 15) is 5.11 Å². The molecular formula is C20H24N2O2. The Bertz CT molecular complexity index is 768. The van der Waals surface area contributed by atoms with Crippen LogP contribution in [0.5, 0.6) is 5.75 Å². The number of para-hydroxylation sites is 3. The first-order valence-electron chi connectivity index (χ1n) is 8.60. The molecule has 4 nitrogen and oxygen atoms in total. The van der Waals surface area contributed by atoms with Crippen LogP contribution in [0.4, 0.5) is 0 Å². The van der Waals surface area contributed by atoms with Gasteiger partial charge in [-0.1, -0.05) is 43.7 Å². The molecule has 1 aromatic heterocycles. The maximum Gasteiger partial charge on any atom is 0.138 e. The van der Waals surface area contributed by atoms with Crippen molar-refractivity contribution in [1.82, 2.24) is 9.55 Å². The molecule has 4 heteroatoms. The Hall–Kier alpha value is -2.33. The summed E-state index contributed by atoms with van der Waals surface area (Å²) in [5.74, 6) is 1.65. The molecule has 2 aromatic carbocycles. The SMILES string of the molecule is CCC[C@H](O)c1nc2ccccc2n1CCCOc1ccccc1. The fourth-order valence-corrected chi connectivity index (χ4v) is 2.92. The molecule has 24 heavy (non-hydrogen) atoms. The maximum absolute atomic E-state index is 10.4. The van der Waals surface area contributed by atoms with Crippen molar-refractivity contribution < 1.29 is 9.84 Å². The third-order valence-electron chi connectivity index (χ3n) is 4.08. The first-order valence-corrected chi connectivity index (χ1v) is 8.60. The summed E-state index contributed by atoms with van der Waals surface area (Å²) < 4.78 is 7.90. The van der Waals surface area contributed by atoms with Crippen LogP contribution in [0.3, 0.4) is 0 Å². The number of aliphatic hydroxyl groups is 1. The molecule has 3 aromatic rings. The van der Waals surface area contributed by atoms with Gasteiger partial charge in [-0.15, -0.1) is 0 Å². The van der Waals surface area contributed by atoms with E-state index < -0.39 is 6.10 Å². The molecule has 3 rings (SSSR count). The number of imidazole rings is 1. The smallest absolute Gasteiger partial charge is 0.138 e. The largest absolute Gasteiger partial charge is 0.494 e. The van der Waals surface area contributed by atoms with Crippen molar-refractivity contribution >= 4 is 11.0 Å². The number of hydrogen-bond acceptors (Lipinski definition) is 3. The Labute approximate surface area is 142 Å². The van der Waals surface area contributed by atoms with E-state index in [4.69, 9.17) is 4.74 Å². The van der Waals surface area contributed by atoms with Gasteiger partial charge in [0.25, 0.3) is 0 Å². The lowest BCUT2D eigenvalue weighted by atomic mass is 10.2. The van der Waals surface area contributed by atoms with Crippen molar-refractivity contribution in [3.8, 4) is 5.75 Å². The van der Waals surface area contributed by atoms with Crippen LogP contribution in [0.25, 0.3) is 11.0 Å². The van der Waals surface area contributed by atoms with Gasteiger partial charge in [-0.25, -0.2) is 4.98 Å². The van der Waals surface area contributed by atoms with E-state index in [-0.39, 0.29) is 0 Å². The summed E-state index contributed by atoms with van der Waals surface area (Å²) in [7, 11) is 0. The number of aliphatic hydroxyl groups excluding tert-OH is 1. The molecule has 0 amide bonds. The normalized spacial score (nSPS) is 12.4. The quantitative estimate of drug-likeness (QED) is 0.627. The van der Waals surface area contributed by atoms with Gasteiger partial charge in [0.1, 0.15) is 17.7 Å². The van der Waals surface area contributed by atoms with E-state index >= 15 is 0 Å². The van der Waals surface area contributed by atoms with E-state index in [1.165, 1.54) is 0 Å². The van der Waals surface area contributed by atoms with Gasteiger partial charge in [-0.3, -0.25) is 0 Å². The highest BCUT2D eigenvalue weighted by atomic mass is 16.5. The summed E-state index contributed by atoms with van der Waals surface area (Å²) in [6.45, 7) is 3.49. The zero-order valence-electron chi connectivity index (χ0n) is 14.1. The molecule has 0 spiro atoms. The molecule has 0 bridgehead atoms. The summed E-state index contributed by atoms with van der Waals surface area (Å²) >= 11 is 0. The highest BCUT2D eigenvalue weighted by Crippen LogP contribution is 2.24. The van der Waals surface area contributed by atoms with Gasteiger partial charge in [-0.2, -0.15) is 0 Å². The van der Waals surface area contributed by atoms with Crippen LogP contribution in [0, 0.1) is 0 Å². The molecule has 0 aliphatic carbocycles. The Morgan fingerprint density at radius 1 is 1.08 bits per heavy atom. The lowest BCUT2D eigenvalue weighted by Crippen LogP contribution is -2.11. The van der Waals surface area contributed by atoms with Crippen molar-refractivity contribution in [2.24, 2.45) is 0 Å². The molecule has 126 valence electrons. The molecule has 1 N–H and O–H groups in total. The van der Waals surface area contributed by atoms with Crippen molar-refractivity contribution in [1.29, 1.82) is 0 Å². The summed E-state index contributed by atoms with van der Waals surface area (Å²) in [6.07, 6.45) is 2.00. The highest BCUT2D eigenvalue weighted by Gasteiger charge is 2.17. The molecule has 0 unspecified atom stereocenters. The molecule has 0 saturated carbocycles. The van der Waals surface area contributed by atoms with Crippen LogP contribution in [-0.4, -0.2) is 21.3 Å². The van der Waals surface area contributed by atoms with E-state index in [0.29, 0.717) is 6.61 Å². The molecule has 0 aliphatic heterocycles. The third-order valence-corrected chi connectivity index (χ3v) is 4.08. The van der Waals surface area contributed by atoms with Gasteiger partial charge in [0.05, 0.1) is 17.6 Å². The minimum atomic E-state index is -0.516. The summed E-state index contributed by atoms with van der Waals surface area (Å²) in [6, 6.07) is 17.9. The van der Waals surface area contributed by atoms with Gasteiger partial charge >= 0.3 is 0 Å². The van der Waals surface area contributed by atoms with E-state index in [1.807, 2.05) is 48.5 Å². The Morgan fingerprint density at radius 3 is 2.62 bits per heavy atom. The van der Waals surface area contributed by atoms with Crippen LogP contribution in [0.1, 0.15) is 38.1 Å². The number of hydrogen-bond donors (Lipinski definition) is 1. The highest BCUT2D eigenvalue weighted by molar-refractivity contribution is 5.76. The fourth-order valence-electron chi connectivity index (χ4n) is 2.92. The van der Waals surface area contributed by atoms with Gasteiger partial charge < -0.3 is 14.4 Å². The second-order valence-corrected chi connectivity index (χ2v) is 5.93. The van der Waals surface area contributed by atoms with Crippen molar-refractivity contribution in [3.63, 3.8) is 0 Å². The monoisotopic (exact) mass is 324 g/mol. The van der Waals surface area contributed by atoms with E-state index in [2.05, 4.69) is 22.5 Å². The van der Waals surface area contributed by atoms with E-state index in [1.54, 1.807) is 0 Å². The summed E-state index contributed by atoms with van der Waals surface area (Å²) in [5.41, 5.74) is 2.01. The molecule has 1 atom stereocenters. The maximum atomic E-state index is 10.4. The Balaban J connectivity index is 1.71. The van der Waals surface area contributed by atoms with Gasteiger partial charge in [0, 0.05) is 6.54 Å². The van der Waals surface area contributed by atoms with E-state index in [0.717, 1.165) is 48.4 Å². The van der Waals surface area contributed by atoms with Crippen molar-refractivity contribution in [2.75, 3.05) is 6.61 Å². The van der Waals surface area contributed by atoms with Gasteiger partial charge in [-0.05, 0) is 37.1 Å². The predicted molar refractivity (Wildman–Crippen MR) is 96.2 cm³/mol. The van der Waals surface area contributed by atoms with Crippen LogP contribution < -0.4 is 4.74 Å². The average molecular weight is 324 g/mol. The summed E-state index contributed by atoms with van der Waals surface area (Å²) in [5, 5.41) is 10.4. The molecule has 0 aliphatic rings. The number of benzene rings is 2. The molecule has 0 saturated heterocycles. The number of ether oxygens (including phenoxy) is 1.